The minimum absolute atomic E-state index is 0.324. The lowest BCUT2D eigenvalue weighted by molar-refractivity contribution is 0.0879. The highest BCUT2D eigenvalue weighted by atomic mass is 16.2. The van der Waals surface area contributed by atoms with Gasteiger partial charge in [-0.3, -0.25) is 14.9 Å². The fourth-order valence-electron chi connectivity index (χ4n) is 1.22. The van der Waals surface area contributed by atoms with Crippen molar-refractivity contribution >= 4 is 11.8 Å². The summed E-state index contributed by atoms with van der Waals surface area (Å²) in [5.41, 5.74) is 1.60. The summed E-state index contributed by atoms with van der Waals surface area (Å²) in [5.74, 6) is -0.657. The third-order valence-corrected chi connectivity index (χ3v) is 1.80. The Bertz CT molecular complexity index is 382. The Morgan fingerprint density at radius 1 is 1.08 bits per heavy atom. The monoisotopic (exact) mass is 160 g/mol. The van der Waals surface area contributed by atoms with E-state index in [1.54, 1.807) is 18.2 Å². The molecular formula is C9H6NO2. The molecule has 1 aliphatic rings. The van der Waals surface area contributed by atoms with E-state index in [2.05, 4.69) is 12.2 Å². The van der Waals surface area contributed by atoms with Crippen LogP contribution in [0.2, 0.25) is 0 Å². The first kappa shape index (κ1) is 7.03. The normalized spacial score (nSPS) is 14.4. The molecule has 0 fully saturated rings. The number of rotatable bonds is 0. The molecule has 3 heteroatoms. The van der Waals surface area contributed by atoms with Crippen LogP contribution in [0, 0.1) is 6.92 Å². The maximum Gasteiger partial charge on any atom is 0.258 e. The molecule has 0 saturated heterocycles. The molecule has 3 nitrogen and oxygen atoms in total. The number of imide groups is 1. The van der Waals surface area contributed by atoms with Gasteiger partial charge in [-0.2, -0.15) is 0 Å². The molecule has 0 atom stereocenters. The molecule has 1 radical (unpaired) electrons. The number of hydrogen-bond acceptors (Lipinski definition) is 2. The Kier molecular flexibility index (Phi) is 1.27. The Labute approximate surface area is 69.4 Å². The van der Waals surface area contributed by atoms with Crippen molar-refractivity contribution < 1.29 is 9.59 Å². The van der Waals surface area contributed by atoms with E-state index >= 15 is 0 Å². The van der Waals surface area contributed by atoms with Crippen LogP contribution in [0.5, 0.6) is 0 Å². The molecule has 2 amide bonds. The topological polar surface area (TPSA) is 46.2 Å². The molecule has 0 aromatic heterocycles. The van der Waals surface area contributed by atoms with Crippen LogP contribution in [0.1, 0.15) is 26.3 Å². The van der Waals surface area contributed by atoms with Gasteiger partial charge in [0.2, 0.25) is 0 Å². The highest BCUT2D eigenvalue weighted by Gasteiger charge is 2.25. The molecule has 0 saturated carbocycles. The molecule has 1 N–H and O–H groups in total. The van der Waals surface area contributed by atoms with Crippen molar-refractivity contribution in [3.8, 4) is 0 Å². The van der Waals surface area contributed by atoms with E-state index in [9.17, 15) is 9.59 Å². The van der Waals surface area contributed by atoms with Crippen LogP contribution in [0.3, 0.4) is 0 Å². The molecule has 59 valence electrons. The fourth-order valence-corrected chi connectivity index (χ4v) is 1.22. The van der Waals surface area contributed by atoms with Crippen molar-refractivity contribution in [2.24, 2.45) is 0 Å². The first-order chi connectivity index (χ1) is 5.68. The second-order valence-corrected chi connectivity index (χ2v) is 2.66. The largest absolute Gasteiger partial charge is 0.288 e. The Morgan fingerprint density at radius 2 is 1.75 bits per heavy atom. The summed E-state index contributed by atoms with van der Waals surface area (Å²) in [6.45, 7) is 3.67. The van der Waals surface area contributed by atoms with Crippen molar-refractivity contribution in [1.82, 2.24) is 5.32 Å². The molecule has 12 heavy (non-hydrogen) atoms. The van der Waals surface area contributed by atoms with Gasteiger partial charge in [0.25, 0.3) is 11.8 Å². The smallest absolute Gasteiger partial charge is 0.258 e. The summed E-state index contributed by atoms with van der Waals surface area (Å²) in [4.78, 5) is 22.1. The van der Waals surface area contributed by atoms with Crippen LogP contribution in [0.25, 0.3) is 0 Å². The molecule has 0 spiro atoms. The minimum Gasteiger partial charge on any atom is -0.288 e. The van der Waals surface area contributed by atoms with Gasteiger partial charge >= 0.3 is 0 Å². The van der Waals surface area contributed by atoms with E-state index in [4.69, 9.17) is 0 Å². The van der Waals surface area contributed by atoms with Gasteiger partial charge in [-0.1, -0.05) is 6.07 Å². The van der Waals surface area contributed by atoms with E-state index in [1.807, 2.05) is 0 Å². The van der Waals surface area contributed by atoms with Crippen molar-refractivity contribution in [1.29, 1.82) is 0 Å². The van der Waals surface area contributed by atoms with Gasteiger partial charge in [0.1, 0.15) is 0 Å². The standard InChI is InChI=1S/C9H6NO2/c1-5-2-3-6-7(4-5)9(12)10-8(6)11/h2-4H,1H2,(H,10,11,12). The highest BCUT2D eigenvalue weighted by Crippen LogP contribution is 2.16. The van der Waals surface area contributed by atoms with Gasteiger partial charge in [-0.05, 0) is 24.6 Å². The maximum absolute atomic E-state index is 11.1. The van der Waals surface area contributed by atoms with Gasteiger partial charge in [0.15, 0.2) is 0 Å². The zero-order valence-corrected chi connectivity index (χ0v) is 6.26. The summed E-state index contributed by atoms with van der Waals surface area (Å²) in [6, 6.07) is 4.92. The van der Waals surface area contributed by atoms with Gasteiger partial charge in [-0.15, -0.1) is 0 Å². The summed E-state index contributed by atoms with van der Waals surface area (Å²) < 4.78 is 0. The Balaban J connectivity index is 2.68. The van der Waals surface area contributed by atoms with Crippen molar-refractivity contribution in [2.75, 3.05) is 0 Å². The second kappa shape index (κ2) is 2.17. The summed E-state index contributed by atoms with van der Waals surface area (Å²) in [6.07, 6.45) is 0. The number of carbonyl (C=O) groups excluding carboxylic acids is 2. The molecule has 1 aromatic carbocycles. The highest BCUT2D eigenvalue weighted by molar-refractivity contribution is 6.21. The summed E-state index contributed by atoms with van der Waals surface area (Å²) in [7, 11) is 0. The molecule has 1 heterocycles. The predicted molar refractivity (Wildman–Crippen MR) is 42.7 cm³/mol. The maximum atomic E-state index is 11.1. The van der Waals surface area contributed by atoms with Crippen LogP contribution in [-0.2, 0) is 0 Å². The van der Waals surface area contributed by atoms with Crippen molar-refractivity contribution in [2.45, 2.75) is 0 Å². The van der Waals surface area contributed by atoms with Crippen molar-refractivity contribution in [3.05, 3.63) is 41.8 Å². The fraction of sp³-hybridized carbons (Fsp3) is 0. The third-order valence-electron chi connectivity index (χ3n) is 1.80. The molecule has 0 bridgehead atoms. The first-order valence-corrected chi connectivity index (χ1v) is 3.50. The lowest BCUT2D eigenvalue weighted by atomic mass is 10.1. The van der Waals surface area contributed by atoms with Gasteiger partial charge < -0.3 is 0 Å². The molecule has 0 unspecified atom stereocenters. The lowest BCUT2D eigenvalue weighted by Gasteiger charge is -1.94. The van der Waals surface area contributed by atoms with E-state index in [0.29, 0.717) is 11.1 Å². The number of nitrogens with one attached hydrogen (secondary N) is 1. The number of hydrogen-bond donors (Lipinski definition) is 1. The minimum atomic E-state index is -0.333. The van der Waals surface area contributed by atoms with Crippen LogP contribution in [0.4, 0.5) is 0 Å². The van der Waals surface area contributed by atoms with Crippen LogP contribution < -0.4 is 5.32 Å². The lowest BCUT2D eigenvalue weighted by Crippen LogP contribution is -2.19. The van der Waals surface area contributed by atoms with E-state index in [-0.39, 0.29) is 11.8 Å². The predicted octanol–water partition coefficient (Wildman–Crippen LogP) is 0.752. The second-order valence-electron chi connectivity index (χ2n) is 2.66. The zero-order valence-electron chi connectivity index (χ0n) is 6.26. The van der Waals surface area contributed by atoms with Gasteiger partial charge in [-0.25, -0.2) is 0 Å². The van der Waals surface area contributed by atoms with Crippen LogP contribution in [0.15, 0.2) is 18.2 Å². The molecular weight excluding hydrogens is 154 g/mol. The average Bonchev–Trinajstić information content (AvgIpc) is 2.28. The number of fused-ring (bicyclic) bond motifs is 1. The van der Waals surface area contributed by atoms with Gasteiger partial charge in [0, 0.05) is 0 Å². The summed E-state index contributed by atoms with van der Waals surface area (Å²) in [5, 5.41) is 2.20. The number of benzene rings is 1. The van der Waals surface area contributed by atoms with E-state index in [1.165, 1.54) is 0 Å². The average molecular weight is 160 g/mol. The van der Waals surface area contributed by atoms with Crippen LogP contribution >= 0.6 is 0 Å². The molecule has 0 aliphatic carbocycles. The van der Waals surface area contributed by atoms with Gasteiger partial charge in [0.05, 0.1) is 11.1 Å². The molecule has 2 rings (SSSR count). The van der Waals surface area contributed by atoms with E-state index < -0.39 is 0 Å². The van der Waals surface area contributed by atoms with Crippen LogP contribution in [-0.4, -0.2) is 11.8 Å². The first-order valence-electron chi connectivity index (χ1n) is 3.50. The zero-order chi connectivity index (χ0) is 8.72. The number of amides is 2. The molecule has 1 aromatic rings. The number of carbonyl (C=O) groups is 2. The SMILES string of the molecule is [CH2]c1ccc2c(c1)C(=O)NC2=O. The quantitative estimate of drug-likeness (QED) is 0.569. The Hall–Kier alpha value is -1.64. The Morgan fingerprint density at radius 3 is 2.50 bits per heavy atom. The van der Waals surface area contributed by atoms with Crippen molar-refractivity contribution in [3.63, 3.8) is 0 Å². The molecule has 1 aliphatic heterocycles. The summed E-state index contributed by atoms with van der Waals surface area (Å²) >= 11 is 0. The van der Waals surface area contributed by atoms with E-state index in [0.717, 1.165) is 5.56 Å². The third kappa shape index (κ3) is 0.830.